The molecule has 1 saturated carbocycles. The molecule has 14 nitrogen and oxygen atoms in total. The van der Waals surface area contributed by atoms with E-state index in [-0.39, 0.29) is 31.2 Å². The Hall–Kier alpha value is -2.06. The Morgan fingerprint density at radius 1 is 1.24 bits per heavy atom. The summed E-state index contributed by atoms with van der Waals surface area (Å²) < 4.78 is 43.8. The molecule has 1 unspecified atom stereocenters. The highest BCUT2D eigenvalue weighted by Gasteiger charge is 2.31. The first-order chi connectivity index (χ1) is 17.8. The second-order valence-electron chi connectivity index (χ2n) is 8.70. The minimum atomic E-state index is -4.15. The molecule has 2 fully saturated rings. The van der Waals surface area contributed by atoms with Gasteiger partial charge in [-0.1, -0.05) is 12.8 Å². The third-order valence-electron chi connectivity index (χ3n) is 5.98. The summed E-state index contributed by atoms with van der Waals surface area (Å²) in [7, 11) is -2.70. The maximum Gasteiger partial charge on any atom is 0.510 e. The summed E-state index contributed by atoms with van der Waals surface area (Å²) in [5.41, 5.74) is 0.570. The van der Waals surface area contributed by atoms with Crippen LogP contribution in [0.3, 0.4) is 0 Å². The molecule has 1 saturated heterocycles. The molecule has 0 bridgehead atoms. The van der Waals surface area contributed by atoms with Crippen LogP contribution in [0.2, 0.25) is 5.28 Å². The summed E-state index contributed by atoms with van der Waals surface area (Å²) in [6, 6.07) is 0.356. The van der Waals surface area contributed by atoms with Crippen LogP contribution in [-0.2, 0) is 32.8 Å². The Balaban J connectivity index is 1.23. The smallest absolute Gasteiger partial charge is 0.432 e. The molecule has 0 amide bonds. The van der Waals surface area contributed by atoms with E-state index in [4.69, 9.17) is 30.3 Å². The molecule has 3 atom stereocenters. The first-order valence-electron chi connectivity index (χ1n) is 12.0. The van der Waals surface area contributed by atoms with Gasteiger partial charge in [-0.05, 0) is 37.3 Å². The zero-order valence-corrected chi connectivity index (χ0v) is 22.1. The van der Waals surface area contributed by atoms with E-state index in [9.17, 15) is 14.3 Å². The van der Waals surface area contributed by atoms with Gasteiger partial charge in [0.05, 0.1) is 30.9 Å². The number of carbonyl (C=O) groups is 1. The van der Waals surface area contributed by atoms with Crippen molar-refractivity contribution in [1.82, 2.24) is 19.7 Å². The second-order valence-corrected chi connectivity index (χ2v) is 10.8. The van der Waals surface area contributed by atoms with Crippen LogP contribution in [-0.4, -0.2) is 83.0 Å². The third kappa shape index (κ3) is 7.96. The van der Waals surface area contributed by atoms with E-state index in [0.29, 0.717) is 30.3 Å². The van der Waals surface area contributed by atoms with Crippen LogP contribution in [0.5, 0.6) is 0 Å². The number of ether oxygens (including phenoxy) is 5. The molecule has 206 valence electrons. The maximum atomic E-state index is 12.1. The highest BCUT2D eigenvalue weighted by molar-refractivity contribution is 7.52. The minimum Gasteiger partial charge on any atom is -0.432 e. The number of nitrogens with zero attached hydrogens (tertiary/aromatic N) is 4. The topological polar surface area (TPSA) is 165 Å². The summed E-state index contributed by atoms with van der Waals surface area (Å²) >= 11 is 6.20. The predicted molar refractivity (Wildman–Crippen MR) is 130 cm³/mol. The third-order valence-corrected chi connectivity index (χ3v) is 7.16. The van der Waals surface area contributed by atoms with E-state index in [2.05, 4.69) is 29.9 Å². The van der Waals surface area contributed by atoms with Gasteiger partial charge in [0.1, 0.15) is 18.8 Å². The number of nitrogens with one attached hydrogen (secondary N) is 1. The molecular formula is C21H31ClN5O9P. The number of hydrogen-bond donors (Lipinski definition) is 2. The summed E-state index contributed by atoms with van der Waals surface area (Å²) in [6.45, 7) is -0.499. The molecule has 37 heavy (non-hydrogen) atoms. The molecule has 16 heteroatoms. The Kier molecular flexibility index (Phi) is 9.93. The number of anilines is 1. The summed E-state index contributed by atoms with van der Waals surface area (Å²) in [5, 5.41) is 8.82. The molecule has 0 aromatic carbocycles. The van der Waals surface area contributed by atoms with Crippen molar-refractivity contribution >= 4 is 42.2 Å². The number of carbonyl (C=O) groups excluding carboxylic acids is 1. The van der Waals surface area contributed by atoms with Crippen LogP contribution >= 0.6 is 19.2 Å². The fourth-order valence-electron chi connectivity index (χ4n) is 4.22. The number of halogens is 1. The van der Waals surface area contributed by atoms with E-state index in [1.165, 1.54) is 20.0 Å². The van der Waals surface area contributed by atoms with Gasteiger partial charge in [0.15, 0.2) is 11.9 Å². The normalized spacial score (nSPS) is 21.8. The van der Waals surface area contributed by atoms with Crippen molar-refractivity contribution < 1.29 is 42.5 Å². The van der Waals surface area contributed by atoms with Crippen molar-refractivity contribution in [3.05, 3.63) is 11.5 Å². The molecule has 2 N–H and O–H groups in total. The molecule has 1 aliphatic carbocycles. The molecule has 1 aliphatic heterocycles. The van der Waals surface area contributed by atoms with Crippen molar-refractivity contribution in [2.24, 2.45) is 0 Å². The van der Waals surface area contributed by atoms with E-state index in [1.54, 1.807) is 10.9 Å². The SMILES string of the molecule is COCCOC(=O)OCOP(=O)(O)COC[C@@H]1CC[C@H](n2ncc3c(NC4CCCC4)nc(Cl)nc32)O1. The fourth-order valence-corrected chi connectivity index (χ4v) is 5.01. The average molecular weight is 564 g/mol. The lowest BCUT2D eigenvalue weighted by atomic mass is 10.2. The standard InChI is InChI=1S/C21H31ClN5O9P/c1-31-8-9-33-21(28)34-12-35-37(29,30)13-32-11-15-6-7-17(36-15)27-19-16(10-23-27)18(25-20(22)26-19)24-14-4-2-3-5-14/h10,14-15,17H,2-9,11-13H2,1H3,(H,29,30)(H,24,25,26)/t15-,17+/m0/s1. The van der Waals surface area contributed by atoms with Crippen LogP contribution in [0.15, 0.2) is 6.20 Å². The molecular weight excluding hydrogens is 533 g/mol. The monoisotopic (exact) mass is 563 g/mol. The molecule has 0 radical (unpaired) electrons. The van der Waals surface area contributed by atoms with Gasteiger partial charge in [-0.3, -0.25) is 9.09 Å². The van der Waals surface area contributed by atoms with Gasteiger partial charge < -0.3 is 33.9 Å². The minimum absolute atomic E-state index is 0.00948. The van der Waals surface area contributed by atoms with Gasteiger partial charge in [0.25, 0.3) is 0 Å². The van der Waals surface area contributed by atoms with E-state index in [0.717, 1.165) is 18.2 Å². The first-order valence-corrected chi connectivity index (χ1v) is 14.1. The lowest BCUT2D eigenvalue weighted by Crippen LogP contribution is -2.19. The lowest BCUT2D eigenvalue weighted by Gasteiger charge is -2.17. The summed E-state index contributed by atoms with van der Waals surface area (Å²) in [6.07, 6.45) is 5.18. The molecule has 4 rings (SSSR count). The Morgan fingerprint density at radius 3 is 2.84 bits per heavy atom. The van der Waals surface area contributed by atoms with Gasteiger partial charge in [-0.15, -0.1) is 0 Å². The van der Waals surface area contributed by atoms with Gasteiger partial charge in [0, 0.05) is 13.2 Å². The summed E-state index contributed by atoms with van der Waals surface area (Å²) in [4.78, 5) is 29.9. The maximum absolute atomic E-state index is 12.1. The lowest BCUT2D eigenvalue weighted by molar-refractivity contribution is -0.0415. The van der Waals surface area contributed by atoms with Crippen molar-refractivity contribution in [3.63, 3.8) is 0 Å². The second kappa shape index (κ2) is 13.1. The van der Waals surface area contributed by atoms with Gasteiger partial charge in [-0.25, -0.2) is 9.48 Å². The number of methoxy groups -OCH3 is 1. The van der Waals surface area contributed by atoms with Crippen LogP contribution in [0, 0.1) is 0 Å². The molecule has 2 aromatic heterocycles. The van der Waals surface area contributed by atoms with Crippen LogP contribution in [0.25, 0.3) is 11.0 Å². The number of aromatic nitrogens is 4. The highest BCUT2D eigenvalue weighted by Crippen LogP contribution is 2.42. The van der Waals surface area contributed by atoms with Crippen molar-refractivity contribution in [3.8, 4) is 0 Å². The molecule has 2 aromatic rings. The largest absolute Gasteiger partial charge is 0.510 e. The van der Waals surface area contributed by atoms with Crippen molar-refractivity contribution in [1.29, 1.82) is 0 Å². The first kappa shape index (κ1) is 28.0. The van der Waals surface area contributed by atoms with E-state index in [1.807, 2.05) is 0 Å². The summed E-state index contributed by atoms with van der Waals surface area (Å²) in [5.74, 6) is 0.664. The van der Waals surface area contributed by atoms with E-state index >= 15 is 0 Å². The van der Waals surface area contributed by atoms with Crippen LogP contribution < -0.4 is 5.32 Å². The number of rotatable bonds is 13. The van der Waals surface area contributed by atoms with Gasteiger partial charge in [-0.2, -0.15) is 15.1 Å². The van der Waals surface area contributed by atoms with E-state index < -0.39 is 33.1 Å². The zero-order chi connectivity index (χ0) is 26.3. The Bertz CT molecular complexity index is 1100. The molecule has 2 aliphatic rings. The fraction of sp³-hybridized carbons (Fsp3) is 0.714. The van der Waals surface area contributed by atoms with Crippen LogP contribution in [0.1, 0.15) is 44.8 Å². The quantitative estimate of drug-likeness (QED) is 0.120. The number of hydrogen-bond acceptors (Lipinski definition) is 12. The predicted octanol–water partition coefficient (Wildman–Crippen LogP) is 3.45. The molecule has 3 heterocycles. The van der Waals surface area contributed by atoms with Gasteiger partial charge in [0.2, 0.25) is 12.1 Å². The Morgan fingerprint density at radius 2 is 2.05 bits per heavy atom. The van der Waals surface area contributed by atoms with Gasteiger partial charge >= 0.3 is 13.8 Å². The number of fused-ring (bicyclic) bond motifs is 1. The van der Waals surface area contributed by atoms with Crippen LogP contribution in [0.4, 0.5) is 10.6 Å². The Labute approximate surface area is 218 Å². The zero-order valence-electron chi connectivity index (χ0n) is 20.4. The highest BCUT2D eigenvalue weighted by atomic mass is 35.5. The average Bonchev–Trinajstić information content (AvgIpc) is 3.60. The van der Waals surface area contributed by atoms with Crippen molar-refractivity contribution in [2.75, 3.05) is 45.4 Å². The molecule has 0 spiro atoms. The van der Waals surface area contributed by atoms with Crippen molar-refractivity contribution in [2.45, 2.75) is 56.9 Å².